The van der Waals surface area contributed by atoms with Crippen molar-refractivity contribution in [3.63, 3.8) is 0 Å². The van der Waals surface area contributed by atoms with Gasteiger partial charge in [0, 0.05) is 11.6 Å². The Morgan fingerprint density at radius 1 is 1.18 bits per heavy atom. The van der Waals surface area contributed by atoms with Gasteiger partial charge in [-0.1, -0.05) is 54.4 Å². The van der Waals surface area contributed by atoms with Crippen molar-refractivity contribution in [2.24, 2.45) is 0 Å². The fraction of sp³-hybridized carbons (Fsp3) is 0.316. The summed E-state index contributed by atoms with van der Waals surface area (Å²) in [7, 11) is 0. The van der Waals surface area contributed by atoms with Crippen LogP contribution in [0.2, 0.25) is 5.02 Å². The van der Waals surface area contributed by atoms with Crippen molar-refractivity contribution in [1.29, 1.82) is 0 Å². The highest BCUT2D eigenvalue weighted by molar-refractivity contribution is 6.30. The number of hydrogen-bond acceptors (Lipinski definition) is 1. The van der Waals surface area contributed by atoms with Crippen LogP contribution < -0.4 is 5.32 Å². The monoisotopic (exact) mass is 313 g/mol. The van der Waals surface area contributed by atoms with Crippen molar-refractivity contribution in [1.82, 2.24) is 5.32 Å². The third-order valence-electron chi connectivity index (χ3n) is 4.72. The highest BCUT2D eigenvalue weighted by Crippen LogP contribution is 2.44. The second-order valence-electron chi connectivity index (χ2n) is 6.06. The molecule has 2 nitrogen and oxygen atoms in total. The van der Waals surface area contributed by atoms with Crippen LogP contribution in [0.5, 0.6) is 0 Å². The largest absolute Gasteiger partial charge is 0.351 e. The molecule has 0 radical (unpaired) electrons. The standard InChI is InChI=1S/C19H20ClNO/c1-14-6-2-3-7-15(14)13-21-18(22)19(10-5-11-19)16-8-4-9-17(20)12-16/h2-4,6-9,12H,5,10-11,13H2,1H3,(H,21,22). The lowest BCUT2D eigenvalue weighted by atomic mass is 9.64. The smallest absolute Gasteiger partial charge is 0.230 e. The summed E-state index contributed by atoms with van der Waals surface area (Å²) in [6.07, 6.45) is 2.88. The molecule has 0 spiro atoms. The van der Waals surface area contributed by atoms with E-state index < -0.39 is 5.41 Å². The Morgan fingerprint density at radius 2 is 1.95 bits per heavy atom. The van der Waals surface area contributed by atoms with Crippen LogP contribution in [0.3, 0.4) is 0 Å². The maximum absolute atomic E-state index is 12.8. The number of amides is 1. The third kappa shape index (κ3) is 2.76. The molecule has 2 aromatic carbocycles. The first kappa shape index (κ1) is 15.1. The van der Waals surface area contributed by atoms with Crippen LogP contribution in [0.15, 0.2) is 48.5 Å². The molecular weight excluding hydrogens is 294 g/mol. The van der Waals surface area contributed by atoms with Crippen LogP contribution in [0.1, 0.15) is 36.0 Å². The topological polar surface area (TPSA) is 29.1 Å². The maximum atomic E-state index is 12.8. The molecule has 0 bridgehead atoms. The van der Waals surface area contributed by atoms with E-state index in [1.54, 1.807) is 0 Å². The van der Waals surface area contributed by atoms with E-state index in [-0.39, 0.29) is 5.91 Å². The van der Waals surface area contributed by atoms with E-state index in [2.05, 4.69) is 24.4 Å². The summed E-state index contributed by atoms with van der Waals surface area (Å²) in [6, 6.07) is 15.9. The lowest BCUT2D eigenvalue weighted by Gasteiger charge is -2.40. The molecule has 0 saturated heterocycles. The molecule has 22 heavy (non-hydrogen) atoms. The number of hydrogen-bond donors (Lipinski definition) is 1. The summed E-state index contributed by atoms with van der Waals surface area (Å²) in [6.45, 7) is 2.64. The maximum Gasteiger partial charge on any atom is 0.230 e. The van der Waals surface area contributed by atoms with Crippen molar-refractivity contribution in [3.8, 4) is 0 Å². The molecule has 0 unspecified atom stereocenters. The zero-order valence-corrected chi connectivity index (χ0v) is 13.5. The molecule has 0 aliphatic heterocycles. The summed E-state index contributed by atoms with van der Waals surface area (Å²) >= 11 is 6.10. The van der Waals surface area contributed by atoms with E-state index in [4.69, 9.17) is 11.6 Å². The molecule has 1 aliphatic carbocycles. The minimum Gasteiger partial charge on any atom is -0.351 e. The number of carbonyl (C=O) groups excluding carboxylic acids is 1. The van der Waals surface area contributed by atoms with Gasteiger partial charge in [0.25, 0.3) is 0 Å². The van der Waals surface area contributed by atoms with Gasteiger partial charge in [-0.3, -0.25) is 4.79 Å². The Hall–Kier alpha value is -1.80. The highest BCUT2D eigenvalue weighted by atomic mass is 35.5. The number of aryl methyl sites for hydroxylation is 1. The van der Waals surface area contributed by atoms with Crippen molar-refractivity contribution in [2.75, 3.05) is 0 Å². The molecule has 0 aromatic heterocycles. The highest BCUT2D eigenvalue weighted by Gasteiger charge is 2.45. The predicted octanol–water partition coefficient (Wildman–Crippen LogP) is 4.39. The fourth-order valence-electron chi connectivity index (χ4n) is 3.12. The molecule has 1 amide bonds. The van der Waals surface area contributed by atoms with Crippen molar-refractivity contribution >= 4 is 17.5 Å². The number of nitrogens with one attached hydrogen (secondary N) is 1. The van der Waals surface area contributed by atoms with Crippen molar-refractivity contribution < 1.29 is 4.79 Å². The molecule has 2 aromatic rings. The predicted molar refractivity (Wildman–Crippen MR) is 90.0 cm³/mol. The van der Waals surface area contributed by atoms with Crippen molar-refractivity contribution in [3.05, 3.63) is 70.2 Å². The van der Waals surface area contributed by atoms with Gasteiger partial charge in [-0.2, -0.15) is 0 Å². The molecular formula is C19H20ClNO. The fourth-order valence-corrected chi connectivity index (χ4v) is 3.31. The third-order valence-corrected chi connectivity index (χ3v) is 4.95. The molecule has 114 valence electrons. The Kier molecular flexibility index (Phi) is 4.21. The van der Waals surface area contributed by atoms with Crippen LogP contribution in [0, 0.1) is 6.92 Å². The lowest BCUT2D eigenvalue weighted by molar-refractivity contribution is -0.130. The zero-order valence-electron chi connectivity index (χ0n) is 12.7. The number of rotatable bonds is 4. The molecule has 1 N–H and O–H groups in total. The molecule has 3 heteroatoms. The first-order valence-electron chi connectivity index (χ1n) is 7.71. The molecule has 1 saturated carbocycles. The van der Waals surface area contributed by atoms with Crippen LogP contribution in [-0.2, 0) is 16.8 Å². The van der Waals surface area contributed by atoms with Crippen LogP contribution >= 0.6 is 11.6 Å². The van der Waals surface area contributed by atoms with Crippen molar-refractivity contribution in [2.45, 2.75) is 38.1 Å². The Labute approximate surface area is 136 Å². The summed E-state index contributed by atoms with van der Waals surface area (Å²) < 4.78 is 0. The average molecular weight is 314 g/mol. The van der Waals surface area contributed by atoms with Gasteiger partial charge in [0.2, 0.25) is 5.91 Å². The van der Waals surface area contributed by atoms with E-state index >= 15 is 0 Å². The zero-order chi connectivity index (χ0) is 15.6. The number of halogens is 1. The minimum absolute atomic E-state index is 0.115. The minimum atomic E-state index is -0.395. The van der Waals surface area contributed by atoms with Gasteiger partial charge in [0.15, 0.2) is 0 Å². The van der Waals surface area contributed by atoms with Gasteiger partial charge in [-0.25, -0.2) is 0 Å². The average Bonchev–Trinajstić information content (AvgIpc) is 2.45. The summed E-state index contributed by atoms with van der Waals surface area (Å²) in [5, 5.41) is 3.81. The van der Waals surface area contributed by atoms with Gasteiger partial charge in [-0.05, 0) is 48.6 Å². The number of carbonyl (C=O) groups is 1. The molecule has 0 atom stereocenters. The van der Waals surface area contributed by atoms with E-state index in [0.717, 1.165) is 30.4 Å². The second kappa shape index (κ2) is 6.13. The van der Waals surface area contributed by atoms with E-state index in [0.29, 0.717) is 11.6 Å². The van der Waals surface area contributed by atoms with Crippen LogP contribution in [0.25, 0.3) is 0 Å². The molecule has 0 heterocycles. The van der Waals surface area contributed by atoms with Gasteiger partial charge < -0.3 is 5.32 Å². The molecule has 1 fully saturated rings. The summed E-state index contributed by atoms with van der Waals surface area (Å²) in [4.78, 5) is 12.8. The molecule has 1 aliphatic rings. The Balaban J connectivity index is 1.76. The number of benzene rings is 2. The first-order chi connectivity index (χ1) is 10.6. The van der Waals surface area contributed by atoms with Gasteiger partial charge in [-0.15, -0.1) is 0 Å². The quantitative estimate of drug-likeness (QED) is 0.891. The molecule has 3 rings (SSSR count). The first-order valence-corrected chi connectivity index (χ1v) is 8.08. The SMILES string of the molecule is Cc1ccccc1CNC(=O)C1(c2cccc(Cl)c2)CCC1. The van der Waals surface area contributed by atoms with E-state index in [1.807, 2.05) is 36.4 Å². The van der Waals surface area contributed by atoms with Gasteiger partial charge in [0.05, 0.1) is 5.41 Å². The van der Waals surface area contributed by atoms with Gasteiger partial charge >= 0.3 is 0 Å². The Morgan fingerprint density at radius 3 is 2.59 bits per heavy atom. The normalized spacial score (nSPS) is 15.9. The van der Waals surface area contributed by atoms with Gasteiger partial charge in [0.1, 0.15) is 0 Å². The van der Waals surface area contributed by atoms with Crippen LogP contribution in [-0.4, -0.2) is 5.91 Å². The Bertz CT molecular complexity index is 691. The summed E-state index contributed by atoms with van der Waals surface area (Å²) in [5.41, 5.74) is 3.01. The van der Waals surface area contributed by atoms with Crippen LogP contribution in [0.4, 0.5) is 0 Å². The van der Waals surface area contributed by atoms with E-state index in [1.165, 1.54) is 5.56 Å². The second-order valence-corrected chi connectivity index (χ2v) is 6.49. The summed E-state index contributed by atoms with van der Waals surface area (Å²) in [5.74, 6) is 0.115. The lowest BCUT2D eigenvalue weighted by Crippen LogP contribution is -2.49. The van der Waals surface area contributed by atoms with E-state index in [9.17, 15) is 4.79 Å².